The predicted molar refractivity (Wildman–Crippen MR) is 81.9 cm³/mol. The van der Waals surface area contributed by atoms with Gasteiger partial charge in [0.2, 0.25) is 0 Å². The first-order chi connectivity index (χ1) is 10.3. The summed E-state index contributed by atoms with van der Waals surface area (Å²) >= 11 is 0. The fraction of sp³-hybridized carbons (Fsp3) is 0.625. The van der Waals surface area contributed by atoms with Gasteiger partial charge in [-0.05, 0) is 30.9 Å². The molecule has 0 radical (unpaired) electrons. The fourth-order valence-corrected chi connectivity index (χ4v) is 2.88. The van der Waals surface area contributed by atoms with E-state index in [2.05, 4.69) is 15.6 Å². The molecule has 2 atom stereocenters. The van der Waals surface area contributed by atoms with E-state index in [-0.39, 0.29) is 24.6 Å². The van der Waals surface area contributed by atoms with Crippen LogP contribution in [0.2, 0.25) is 0 Å². The van der Waals surface area contributed by atoms with Crippen LogP contribution in [0.5, 0.6) is 0 Å². The molecule has 1 aliphatic carbocycles. The standard InChI is InChI=1S/C16H25N3O2/c20-12-14-6-2-1-3-7-15(14)19-16(21)18-10-8-13-5-4-9-17-11-13/h4-5,9,11,14-15,20H,1-3,6-8,10,12H2,(H2,18,19,21). The van der Waals surface area contributed by atoms with Gasteiger partial charge in [-0.15, -0.1) is 0 Å². The molecule has 1 fully saturated rings. The van der Waals surface area contributed by atoms with Gasteiger partial charge in [-0.3, -0.25) is 4.98 Å². The molecular weight excluding hydrogens is 266 g/mol. The van der Waals surface area contributed by atoms with Crippen LogP contribution in [0.3, 0.4) is 0 Å². The third kappa shape index (κ3) is 5.34. The van der Waals surface area contributed by atoms with E-state index in [0.29, 0.717) is 6.54 Å². The highest BCUT2D eigenvalue weighted by Gasteiger charge is 2.24. The number of carbonyl (C=O) groups is 1. The minimum Gasteiger partial charge on any atom is -0.396 e. The van der Waals surface area contributed by atoms with Gasteiger partial charge >= 0.3 is 6.03 Å². The number of carbonyl (C=O) groups excluding carboxylic acids is 1. The van der Waals surface area contributed by atoms with E-state index in [9.17, 15) is 9.90 Å². The summed E-state index contributed by atoms with van der Waals surface area (Å²) in [7, 11) is 0. The summed E-state index contributed by atoms with van der Waals surface area (Å²) in [5.74, 6) is 0.191. The number of aliphatic hydroxyl groups excluding tert-OH is 1. The number of amides is 2. The van der Waals surface area contributed by atoms with Crippen molar-refractivity contribution < 1.29 is 9.90 Å². The van der Waals surface area contributed by atoms with Crippen LogP contribution in [-0.4, -0.2) is 35.3 Å². The smallest absolute Gasteiger partial charge is 0.315 e. The zero-order chi connectivity index (χ0) is 14.9. The zero-order valence-electron chi connectivity index (χ0n) is 12.4. The number of urea groups is 1. The molecule has 0 bridgehead atoms. The largest absolute Gasteiger partial charge is 0.396 e. The SMILES string of the molecule is O=C(NCCc1cccnc1)NC1CCCCCC1CO. The Morgan fingerprint density at radius 1 is 1.33 bits per heavy atom. The van der Waals surface area contributed by atoms with Gasteiger partial charge < -0.3 is 15.7 Å². The first-order valence-electron chi connectivity index (χ1n) is 7.83. The lowest BCUT2D eigenvalue weighted by Gasteiger charge is -2.24. The lowest BCUT2D eigenvalue weighted by atomic mass is 9.96. The quantitative estimate of drug-likeness (QED) is 0.725. The Kier molecular flexibility index (Phi) is 6.47. The Morgan fingerprint density at radius 3 is 2.95 bits per heavy atom. The maximum Gasteiger partial charge on any atom is 0.315 e. The average Bonchev–Trinajstić information content (AvgIpc) is 2.73. The molecule has 0 aliphatic heterocycles. The van der Waals surface area contributed by atoms with E-state index in [1.165, 1.54) is 6.42 Å². The van der Waals surface area contributed by atoms with E-state index >= 15 is 0 Å². The lowest BCUT2D eigenvalue weighted by molar-refractivity contribution is 0.179. The number of hydrogen-bond acceptors (Lipinski definition) is 3. The Labute approximate surface area is 126 Å². The van der Waals surface area contributed by atoms with Crippen molar-refractivity contribution in [2.45, 2.75) is 44.6 Å². The summed E-state index contributed by atoms with van der Waals surface area (Å²) < 4.78 is 0. The first kappa shape index (κ1) is 15.8. The van der Waals surface area contributed by atoms with Crippen molar-refractivity contribution in [3.8, 4) is 0 Å². The van der Waals surface area contributed by atoms with E-state index in [1.807, 2.05) is 18.3 Å². The molecule has 0 saturated heterocycles. The number of aliphatic hydroxyl groups is 1. The van der Waals surface area contributed by atoms with E-state index < -0.39 is 0 Å². The number of aromatic nitrogens is 1. The Bertz CT molecular complexity index is 425. The van der Waals surface area contributed by atoms with Gasteiger partial charge in [0.25, 0.3) is 0 Å². The van der Waals surface area contributed by atoms with Gasteiger partial charge in [0.05, 0.1) is 0 Å². The third-order valence-corrected chi connectivity index (χ3v) is 4.13. The van der Waals surface area contributed by atoms with Gasteiger partial charge in [-0.25, -0.2) is 4.79 Å². The van der Waals surface area contributed by atoms with E-state index in [4.69, 9.17) is 0 Å². The van der Waals surface area contributed by atoms with Crippen LogP contribution < -0.4 is 10.6 Å². The Morgan fingerprint density at radius 2 is 2.19 bits per heavy atom. The topological polar surface area (TPSA) is 74.2 Å². The molecule has 1 aliphatic rings. The number of hydrogen-bond donors (Lipinski definition) is 3. The van der Waals surface area contributed by atoms with Crippen molar-refractivity contribution in [3.05, 3.63) is 30.1 Å². The number of nitrogens with zero attached hydrogens (tertiary/aromatic N) is 1. The van der Waals surface area contributed by atoms with Crippen LogP contribution >= 0.6 is 0 Å². The number of rotatable bonds is 5. The van der Waals surface area contributed by atoms with Gasteiger partial charge in [0, 0.05) is 37.5 Å². The van der Waals surface area contributed by atoms with Crippen LogP contribution in [0.4, 0.5) is 4.79 Å². The molecule has 2 amide bonds. The molecule has 2 unspecified atom stereocenters. The molecule has 1 heterocycles. The zero-order valence-corrected chi connectivity index (χ0v) is 12.4. The van der Waals surface area contributed by atoms with Gasteiger partial charge in [-0.2, -0.15) is 0 Å². The maximum atomic E-state index is 12.0. The summed E-state index contributed by atoms with van der Waals surface area (Å²) in [5.41, 5.74) is 1.11. The number of pyridine rings is 1. The van der Waals surface area contributed by atoms with E-state index in [0.717, 1.165) is 37.7 Å². The van der Waals surface area contributed by atoms with Crippen LogP contribution in [-0.2, 0) is 6.42 Å². The normalized spacial score (nSPS) is 22.3. The van der Waals surface area contributed by atoms with E-state index in [1.54, 1.807) is 6.20 Å². The average molecular weight is 291 g/mol. The first-order valence-corrected chi connectivity index (χ1v) is 7.83. The molecule has 1 aromatic heterocycles. The fourth-order valence-electron chi connectivity index (χ4n) is 2.88. The molecule has 0 spiro atoms. The third-order valence-electron chi connectivity index (χ3n) is 4.13. The second kappa shape index (κ2) is 8.62. The summed E-state index contributed by atoms with van der Waals surface area (Å²) in [4.78, 5) is 16.0. The Balaban J connectivity index is 1.72. The summed E-state index contributed by atoms with van der Waals surface area (Å²) in [6, 6.07) is 3.85. The van der Waals surface area contributed by atoms with Crippen molar-refractivity contribution in [1.82, 2.24) is 15.6 Å². The second-order valence-corrected chi connectivity index (χ2v) is 5.70. The molecule has 2 rings (SSSR count). The Hall–Kier alpha value is -1.62. The molecule has 21 heavy (non-hydrogen) atoms. The second-order valence-electron chi connectivity index (χ2n) is 5.70. The van der Waals surface area contributed by atoms with Gasteiger partial charge in [0.15, 0.2) is 0 Å². The molecular formula is C16H25N3O2. The summed E-state index contributed by atoms with van der Waals surface area (Å²) in [6.07, 6.45) is 9.74. The minimum atomic E-state index is -0.135. The minimum absolute atomic E-state index is 0.0934. The van der Waals surface area contributed by atoms with Crippen LogP contribution in [0.25, 0.3) is 0 Å². The van der Waals surface area contributed by atoms with Crippen molar-refractivity contribution >= 4 is 6.03 Å². The highest BCUT2D eigenvalue weighted by Crippen LogP contribution is 2.23. The molecule has 1 aromatic rings. The highest BCUT2D eigenvalue weighted by molar-refractivity contribution is 5.74. The monoisotopic (exact) mass is 291 g/mol. The van der Waals surface area contributed by atoms with Crippen molar-refractivity contribution in [2.24, 2.45) is 5.92 Å². The maximum absolute atomic E-state index is 12.0. The van der Waals surface area contributed by atoms with Crippen molar-refractivity contribution in [1.29, 1.82) is 0 Å². The predicted octanol–water partition coefficient (Wildman–Crippen LogP) is 1.86. The van der Waals surface area contributed by atoms with Crippen LogP contribution in [0, 0.1) is 5.92 Å². The number of nitrogens with one attached hydrogen (secondary N) is 2. The van der Waals surface area contributed by atoms with Crippen LogP contribution in [0.15, 0.2) is 24.5 Å². The van der Waals surface area contributed by atoms with Gasteiger partial charge in [-0.1, -0.05) is 25.3 Å². The molecule has 116 valence electrons. The van der Waals surface area contributed by atoms with Crippen LogP contribution in [0.1, 0.15) is 37.7 Å². The summed E-state index contributed by atoms with van der Waals surface area (Å²) in [6.45, 7) is 0.745. The summed E-state index contributed by atoms with van der Waals surface area (Å²) in [5, 5.41) is 15.3. The molecule has 3 N–H and O–H groups in total. The highest BCUT2D eigenvalue weighted by atomic mass is 16.3. The van der Waals surface area contributed by atoms with Crippen molar-refractivity contribution in [2.75, 3.05) is 13.2 Å². The van der Waals surface area contributed by atoms with Gasteiger partial charge in [0.1, 0.15) is 0 Å². The lowest BCUT2D eigenvalue weighted by Crippen LogP contribution is -2.46. The molecule has 1 saturated carbocycles. The molecule has 0 aromatic carbocycles. The van der Waals surface area contributed by atoms with Crippen molar-refractivity contribution in [3.63, 3.8) is 0 Å². The molecule has 5 nitrogen and oxygen atoms in total. The molecule has 5 heteroatoms.